The molecule has 0 radical (unpaired) electrons. The second-order valence-electron chi connectivity index (χ2n) is 5.53. The van der Waals surface area contributed by atoms with E-state index in [9.17, 15) is 9.50 Å². The fourth-order valence-corrected chi connectivity index (χ4v) is 2.66. The molecule has 24 heavy (non-hydrogen) atoms. The zero-order valence-electron chi connectivity index (χ0n) is 12.5. The summed E-state index contributed by atoms with van der Waals surface area (Å²) in [7, 11) is 0. The van der Waals surface area contributed by atoms with Crippen LogP contribution in [-0.2, 0) is 0 Å². The van der Waals surface area contributed by atoms with Crippen LogP contribution in [0.5, 0.6) is 5.75 Å². The van der Waals surface area contributed by atoms with Crippen molar-refractivity contribution >= 4 is 11.0 Å². The Kier molecular flexibility index (Phi) is 3.28. The average Bonchev–Trinajstić information content (AvgIpc) is 3.23. The standard InChI is InChI=1S/C17H14FN5O/c18-13-6-15-14(5-12(13)10-7-20-21-8-10)22-17(23-15)16(19)9-1-3-11(24)4-2-9/h1-8,16,24H,19H2,(H,20,21)(H,22,23). The smallest absolute Gasteiger partial charge is 0.133 e. The number of halogens is 1. The molecule has 0 bridgehead atoms. The summed E-state index contributed by atoms with van der Waals surface area (Å²) in [5, 5.41) is 15.9. The Labute approximate surface area is 136 Å². The predicted molar refractivity (Wildman–Crippen MR) is 87.8 cm³/mol. The number of nitrogens with zero attached hydrogens (tertiary/aromatic N) is 2. The monoisotopic (exact) mass is 323 g/mol. The van der Waals surface area contributed by atoms with Crippen LogP contribution in [0.4, 0.5) is 4.39 Å². The van der Waals surface area contributed by atoms with Gasteiger partial charge in [-0.1, -0.05) is 12.1 Å². The Bertz CT molecular complexity index is 992. The number of aromatic hydroxyl groups is 1. The zero-order valence-corrected chi connectivity index (χ0v) is 12.5. The molecule has 2 heterocycles. The van der Waals surface area contributed by atoms with Gasteiger partial charge in [-0.05, 0) is 23.8 Å². The van der Waals surface area contributed by atoms with Gasteiger partial charge in [0.05, 0.1) is 23.3 Å². The van der Waals surface area contributed by atoms with Crippen molar-refractivity contribution in [2.24, 2.45) is 5.73 Å². The molecule has 0 saturated carbocycles. The van der Waals surface area contributed by atoms with Crippen LogP contribution < -0.4 is 5.73 Å². The predicted octanol–water partition coefficient (Wildman–Crippen LogP) is 2.85. The molecule has 0 aliphatic heterocycles. The molecule has 0 fully saturated rings. The normalized spacial score (nSPS) is 12.6. The van der Waals surface area contributed by atoms with Gasteiger partial charge in [0.1, 0.15) is 17.4 Å². The third kappa shape index (κ3) is 2.40. The Hall–Kier alpha value is -3.19. The van der Waals surface area contributed by atoms with Crippen molar-refractivity contribution < 1.29 is 9.50 Å². The third-order valence-electron chi connectivity index (χ3n) is 3.95. The molecule has 120 valence electrons. The molecule has 7 heteroatoms. The molecule has 2 aromatic carbocycles. The molecule has 1 atom stereocenters. The molecule has 1 unspecified atom stereocenters. The molecule has 4 aromatic rings. The SMILES string of the molecule is NC(c1ccc(O)cc1)c1nc2cc(-c3cn[nH]c3)c(F)cc2[nH]1. The van der Waals surface area contributed by atoms with Crippen LogP contribution in [0.25, 0.3) is 22.2 Å². The van der Waals surface area contributed by atoms with Crippen LogP contribution in [0.3, 0.4) is 0 Å². The lowest BCUT2D eigenvalue weighted by Crippen LogP contribution is -2.13. The number of aromatic amines is 2. The Morgan fingerprint density at radius 2 is 1.96 bits per heavy atom. The van der Waals surface area contributed by atoms with Crippen LogP contribution in [0, 0.1) is 5.82 Å². The Morgan fingerprint density at radius 3 is 2.67 bits per heavy atom. The van der Waals surface area contributed by atoms with Gasteiger partial charge in [0.15, 0.2) is 0 Å². The van der Waals surface area contributed by atoms with Crippen molar-refractivity contribution in [2.75, 3.05) is 0 Å². The lowest BCUT2D eigenvalue weighted by Gasteiger charge is -2.08. The second-order valence-corrected chi connectivity index (χ2v) is 5.53. The highest BCUT2D eigenvalue weighted by molar-refractivity contribution is 5.82. The number of benzene rings is 2. The van der Waals surface area contributed by atoms with Crippen LogP contribution >= 0.6 is 0 Å². The summed E-state index contributed by atoms with van der Waals surface area (Å²) in [6, 6.07) is 9.15. The van der Waals surface area contributed by atoms with E-state index in [1.807, 2.05) is 0 Å². The van der Waals surface area contributed by atoms with Crippen molar-refractivity contribution in [1.82, 2.24) is 20.2 Å². The number of imidazole rings is 1. The van der Waals surface area contributed by atoms with Crippen molar-refractivity contribution in [3.63, 3.8) is 0 Å². The number of hydrogen-bond donors (Lipinski definition) is 4. The van der Waals surface area contributed by atoms with E-state index in [0.29, 0.717) is 28.0 Å². The summed E-state index contributed by atoms with van der Waals surface area (Å²) in [5.41, 5.74) is 9.28. The number of aromatic nitrogens is 4. The summed E-state index contributed by atoms with van der Waals surface area (Å²) in [6.45, 7) is 0. The Balaban J connectivity index is 1.77. The van der Waals surface area contributed by atoms with Crippen LogP contribution in [0.1, 0.15) is 17.4 Å². The van der Waals surface area contributed by atoms with Gasteiger partial charge in [0, 0.05) is 23.4 Å². The van der Waals surface area contributed by atoms with Gasteiger partial charge in [-0.25, -0.2) is 9.37 Å². The first-order chi connectivity index (χ1) is 11.6. The van der Waals surface area contributed by atoms with E-state index in [2.05, 4.69) is 20.2 Å². The number of H-pyrrole nitrogens is 2. The number of rotatable bonds is 3. The van der Waals surface area contributed by atoms with Crippen molar-refractivity contribution in [3.8, 4) is 16.9 Å². The average molecular weight is 323 g/mol. The van der Waals surface area contributed by atoms with E-state index in [1.54, 1.807) is 42.7 Å². The highest BCUT2D eigenvalue weighted by Crippen LogP contribution is 2.28. The molecule has 0 aliphatic carbocycles. The first kappa shape index (κ1) is 14.4. The minimum absolute atomic E-state index is 0.169. The molecular formula is C17H14FN5O. The molecule has 0 spiro atoms. The number of phenols is 1. The van der Waals surface area contributed by atoms with Crippen molar-refractivity contribution in [2.45, 2.75) is 6.04 Å². The van der Waals surface area contributed by atoms with Gasteiger partial charge in [0.25, 0.3) is 0 Å². The van der Waals surface area contributed by atoms with E-state index in [1.165, 1.54) is 6.07 Å². The molecule has 0 saturated heterocycles. The molecule has 5 N–H and O–H groups in total. The molecule has 2 aromatic heterocycles. The minimum Gasteiger partial charge on any atom is -0.508 e. The number of nitrogens with one attached hydrogen (secondary N) is 2. The van der Waals surface area contributed by atoms with E-state index in [4.69, 9.17) is 5.73 Å². The van der Waals surface area contributed by atoms with E-state index in [-0.39, 0.29) is 11.6 Å². The zero-order chi connectivity index (χ0) is 16.7. The summed E-state index contributed by atoms with van der Waals surface area (Å²) in [5.74, 6) is 0.333. The van der Waals surface area contributed by atoms with E-state index in [0.717, 1.165) is 5.56 Å². The highest BCUT2D eigenvalue weighted by Gasteiger charge is 2.16. The molecule has 0 amide bonds. The maximum Gasteiger partial charge on any atom is 0.133 e. The summed E-state index contributed by atoms with van der Waals surface area (Å²) in [6.07, 6.45) is 3.18. The maximum atomic E-state index is 14.3. The summed E-state index contributed by atoms with van der Waals surface area (Å²) in [4.78, 5) is 7.54. The van der Waals surface area contributed by atoms with Crippen LogP contribution in [-0.4, -0.2) is 25.3 Å². The number of phenolic OH excluding ortho intramolecular Hbond substituents is 1. The lowest BCUT2D eigenvalue weighted by molar-refractivity contribution is 0.475. The number of hydrogen-bond acceptors (Lipinski definition) is 4. The quantitative estimate of drug-likeness (QED) is 0.465. The topological polar surface area (TPSA) is 104 Å². The van der Waals surface area contributed by atoms with Gasteiger partial charge < -0.3 is 15.8 Å². The van der Waals surface area contributed by atoms with Gasteiger partial charge in [0.2, 0.25) is 0 Å². The van der Waals surface area contributed by atoms with Gasteiger partial charge in [-0.3, -0.25) is 5.10 Å². The van der Waals surface area contributed by atoms with Crippen LogP contribution in [0.2, 0.25) is 0 Å². The van der Waals surface area contributed by atoms with Gasteiger partial charge in [-0.15, -0.1) is 0 Å². The number of nitrogens with two attached hydrogens (primary N) is 1. The minimum atomic E-state index is -0.501. The summed E-state index contributed by atoms with van der Waals surface area (Å²) >= 11 is 0. The lowest BCUT2D eigenvalue weighted by atomic mass is 10.1. The second kappa shape index (κ2) is 5.47. The van der Waals surface area contributed by atoms with Crippen molar-refractivity contribution in [1.29, 1.82) is 0 Å². The van der Waals surface area contributed by atoms with Gasteiger partial charge in [-0.2, -0.15) is 5.10 Å². The van der Waals surface area contributed by atoms with Gasteiger partial charge >= 0.3 is 0 Å². The van der Waals surface area contributed by atoms with E-state index >= 15 is 0 Å². The molecule has 6 nitrogen and oxygen atoms in total. The first-order valence-corrected chi connectivity index (χ1v) is 7.34. The number of fused-ring (bicyclic) bond motifs is 1. The molecule has 4 rings (SSSR count). The fourth-order valence-electron chi connectivity index (χ4n) is 2.66. The maximum absolute atomic E-state index is 14.3. The molecular weight excluding hydrogens is 309 g/mol. The van der Waals surface area contributed by atoms with Crippen molar-refractivity contribution in [3.05, 3.63) is 66.0 Å². The highest BCUT2D eigenvalue weighted by atomic mass is 19.1. The first-order valence-electron chi connectivity index (χ1n) is 7.34. The summed E-state index contributed by atoms with van der Waals surface area (Å²) < 4.78 is 14.3. The Morgan fingerprint density at radius 1 is 1.17 bits per heavy atom. The fraction of sp³-hybridized carbons (Fsp3) is 0.0588. The third-order valence-corrected chi connectivity index (χ3v) is 3.95. The van der Waals surface area contributed by atoms with Crippen LogP contribution in [0.15, 0.2) is 48.8 Å². The van der Waals surface area contributed by atoms with E-state index < -0.39 is 6.04 Å². The molecule has 0 aliphatic rings. The largest absolute Gasteiger partial charge is 0.508 e.